The molecule has 0 aromatic carbocycles. The number of allylic oxidation sites excluding steroid dienone is 1. The van der Waals surface area contributed by atoms with Crippen molar-refractivity contribution in [2.24, 2.45) is 17.8 Å². The first-order valence-electron chi connectivity index (χ1n) is 9.64. The van der Waals surface area contributed by atoms with Gasteiger partial charge in [0.2, 0.25) is 6.29 Å². The fourth-order valence-electron chi connectivity index (χ4n) is 4.22. The number of carbonyl (C=O) groups is 1. The maximum absolute atomic E-state index is 12.8. The van der Waals surface area contributed by atoms with Gasteiger partial charge in [0.15, 0.2) is 5.76 Å². The monoisotopic (exact) mass is 337 g/mol. The number of carbonyl (C=O) groups excluding carboxylic acids is 1. The van der Waals surface area contributed by atoms with Crippen LogP contribution in [0.1, 0.15) is 51.9 Å². The first-order chi connectivity index (χ1) is 11.7. The zero-order valence-electron chi connectivity index (χ0n) is 14.8. The van der Waals surface area contributed by atoms with E-state index in [0.29, 0.717) is 24.2 Å². The molecule has 0 radical (unpaired) electrons. The number of aliphatic hydroxyl groups is 1. The maximum Gasteiger partial charge on any atom is 0.288 e. The zero-order chi connectivity index (χ0) is 16.9. The molecule has 3 aliphatic rings. The molecule has 2 fully saturated rings. The summed E-state index contributed by atoms with van der Waals surface area (Å²) in [7, 11) is 0. The average Bonchev–Trinajstić information content (AvgIpc) is 3.06. The van der Waals surface area contributed by atoms with Gasteiger partial charge in [0, 0.05) is 32.2 Å². The van der Waals surface area contributed by atoms with Gasteiger partial charge in [-0.05, 0) is 63.4 Å². The molecular weight excluding hydrogens is 306 g/mol. The van der Waals surface area contributed by atoms with Gasteiger partial charge in [0.1, 0.15) is 0 Å². The SMILES string of the molecule is CCO[C@H]1OC(C(=O)N2CCCC2)=C[C@@H](C2CCC2)[C@@H]1CCCO. The number of nitrogens with zero attached hydrogens (tertiary/aromatic N) is 1. The van der Waals surface area contributed by atoms with Crippen molar-refractivity contribution in [2.75, 3.05) is 26.3 Å². The fourth-order valence-corrected chi connectivity index (χ4v) is 4.22. The van der Waals surface area contributed by atoms with Crippen LogP contribution >= 0.6 is 0 Å². The summed E-state index contributed by atoms with van der Waals surface area (Å²) in [6.45, 7) is 4.39. The Morgan fingerprint density at radius 1 is 1.33 bits per heavy atom. The minimum Gasteiger partial charge on any atom is -0.459 e. The van der Waals surface area contributed by atoms with Crippen molar-refractivity contribution in [1.29, 1.82) is 0 Å². The molecule has 0 aromatic rings. The Kier molecular flexibility index (Phi) is 6.17. The van der Waals surface area contributed by atoms with Gasteiger partial charge in [-0.2, -0.15) is 0 Å². The van der Waals surface area contributed by atoms with Gasteiger partial charge in [0.05, 0.1) is 0 Å². The van der Waals surface area contributed by atoms with Crippen molar-refractivity contribution in [3.8, 4) is 0 Å². The number of amides is 1. The third kappa shape index (κ3) is 3.77. The molecule has 0 bridgehead atoms. The summed E-state index contributed by atoms with van der Waals surface area (Å²) in [6.07, 6.45) is 9.24. The molecule has 3 rings (SSSR count). The molecule has 1 saturated heterocycles. The molecule has 1 saturated carbocycles. The Labute approximate surface area is 145 Å². The van der Waals surface area contributed by atoms with Gasteiger partial charge in [-0.3, -0.25) is 4.79 Å². The van der Waals surface area contributed by atoms with Crippen LogP contribution in [0.25, 0.3) is 0 Å². The Morgan fingerprint density at radius 3 is 2.67 bits per heavy atom. The minimum atomic E-state index is -0.362. The number of likely N-dealkylation sites (tertiary alicyclic amines) is 1. The third-order valence-corrected chi connectivity index (χ3v) is 5.76. The first kappa shape index (κ1) is 17.7. The summed E-state index contributed by atoms with van der Waals surface area (Å²) in [5.41, 5.74) is 0. The van der Waals surface area contributed by atoms with Crippen molar-refractivity contribution < 1.29 is 19.4 Å². The summed E-state index contributed by atoms with van der Waals surface area (Å²) in [6, 6.07) is 0. The largest absolute Gasteiger partial charge is 0.459 e. The van der Waals surface area contributed by atoms with E-state index in [4.69, 9.17) is 9.47 Å². The molecule has 136 valence electrons. The second-order valence-corrected chi connectivity index (χ2v) is 7.27. The van der Waals surface area contributed by atoms with E-state index in [1.165, 1.54) is 19.3 Å². The van der Waals surface area contributed by atoms with E-state index in [1.54, 1.807) is 0 Å². The molecule has 0 aromatic heterocycles. The normalized spacial score (nSPS) is 30.7. The summed E-state index contributed by atoms with van der Waals surface area (Å²) >= 11 is 0. The number of hydrogen-bond donors (Lipinski definition) is 1. The van der Waals surface area contributed by atoms with E-state index < -0.39 is 0 Å². The Balaban J connectivity index is 1.80. The van der Waals surface area contributed by atoms with Crippen LogP contribution in [0.5, 0.6) is 0 Å². The summed E-state index contributed by atoms with van der Waals surface area (Å²) in [5.74, 6) is 1.71. The van der Waals surface area contributed by atoms with Crippen LogP contribution in [0.4, 0.5) is 0 Å². The van der Waals surface area contributed by atoms with Crippen LogP contribution < -0.4 is 0 Å². The lowest BCUT2D eigenvalue weighted by molar-refractivity contribution is -0.180. The standard InChI is InChI=1S/C19H31NO4/c1-2-23-19-15(9-6-12-21)16(14-7-5-8-14)13-17(24-19)18(22)20-10-3-4-11-20/h13-16,19,21H,2-12H2,1H3/t15-,16-,19-/m0/s1. The van der Waals surface area contributed by atoms with Gasteiger partial charge >= 0.3 is 0 Å². The molecule has 1 aliphatic carbocycles. The van der Waals surface area contributed by atoms with Crippen LogP contribution in [0, 0.1) is 17.8 Å². The van der Waals surface area contributed by atoms with Gasteiger partial charge in [-0.15, -0.1) is 0 Å². The summed E-state index contributed by atoms with van der Waals surface area (Å²) in [5, 5.41) is 9.24. The molecule has 24 heavy (non-hydrogen) atoms. The number of ether oxygens (including phenoxy) is 2. The highest BCUT2D eigenvalue weighted by atomic mass is 16.7. The van der Waals surface area contributed by atoms with E-state index in [-0.39, 0.29) is 24.7 Å². The summed E-state index contributed by atoms with van der Waals surface area (Å²) in [4.78, 5) is 14.7. The van der Waals surface area contributed by atoms with E-state index in [2.05, 4.69) is 6.08 Å². The highest BCUT2D eigenvalue weighted by Gasteiger charge is 2.42. The molecular formula is C19H31NO4. The van der Waals surface area contributed by atoms with E-state index in [0.717, 1.165) is 38.8 Å². The molecule has 0 unspecified atom stereocenters. The van der Waals surface area contributed by atoms with Gasteiger partial charge < -0.3 is 19.5 Å². The van der Waals surface area contributed by atoms with E-state index in [9.17, 15) is 9.90 Å². The average molecular weight is 337 g/mol. The highest BCUT2D eigenvalue weighted by Crippen LogP contribution is 2.44. The predicted octanol–water partition coefficient (Wildman–Crippen LogP) is 2.69. The van der Waals surface area contributed by atoms with Crippen molar-refractivity contribution in [2.45, 2.75) is 58.2 Å². The molecule has 5 nitrogen and oxygen atoms in total. The molecule has 2 aliphatic heterocycles. The van der Waals surface area contributed by atoms with Gasteiger partial charge in [0.25, 0.3) is 5.91 Å². The quantitative estimate of drug-likeness (QED) is 0.776. The van der Waals surface area contributed by atoms with Crippen LogP contribution in [-0.2, 0) is 14.3 Å². The number of aliphatic hydroxyl groups excluding tert-OH is 1. The number of rotatable bonds is 7. The van der Waals surface area contributed by atoms with Gasteiger partial charge in [-0.1, -0.05) is 6.42 Å². The second kappa shape index (κ2) is 8.34. The van der Waals surface area contributed by atoms with Gasteiger partial charge in [-0.25, -0.2) is 0 Å². The molecule has 5 heteroatoms. The molecule has 1 amide bonds. The lowest BCUT2D eigenvalue weighted by atomic mass is 9.68. The van der Waals surface area contributed by atoms with Crippen LogP contribution in [-0.4, -0.2) is 48.5 Å². The van der Waals surface area contributed by atoms with Crippen molar-refractivity contribution in [3.05, 3.63) is 11.8 Å². The molecule has 0 spiro atoms. The van der Waals surface area contributed by atoms with E-state index in [1.807, 2.05) is 11.8 Å². The highest BCUT2D eigenvalue weighted by molar-refractivity contribution is 5.91. The smallest absolute Gasteiger partial charge is 0.288 e. The van der Waals surface area contributed by atoms with Crippen molar-refractivity contribution >= 4 is 5.91 Å². The summed E-state index contributed by atoms with van der Waals surface area (Å²) < 4.78 is 11.9. The maximum atomic E-state index is 12.8. The lowest BCUT2D eigenvalue weighted by Crippen LogP contribution is -2.43. The van der Waals surface area contributed by atoms with Crippen molar-refractivity contribution in [3.63, 3.8) is 0 Å². The van der Waals surface area contributed by atoms with E-state index >= 15 is 0 Å². The van der Waals surface area contributed by atoms with Crippen LogP contribution in [0.15, 0.2) is 11.8 Å². The molecule has 2 heterocycles. The zero-order valence-corrected chi connectivity index (χ0v) is 14.8. The van der Waals surface area contributed by atoms with Crippen LogP contribution in [0.3, 0.4) is 0 Å². The fraction of sp³-hybridized carbons (Fsp3) is 0.842. The predicted molar refractivity (Wildman–Crippen MR) is 91.0 cm³/mol. The molecule has 3 atom stereocenters. The second-order valence-electron chi connectivity index (χ2n) is 7.27. The Hall–Kier alpha value is -1.07. The third-order valence-electron chi connectivity index (χ3n) is 5.76. The number of hydrogen-bond acceptors (Lipinski definition) is 4. The first-order valence-corrected chi connectivity index (χ1v) is 9.64. The topological polar surface area (TPSA) is 59.0 Å². The Bertz CT molecular complexity index is 454. The van der Waals surface area contributed by atoms with Crippen LogP contribution in [0.2, 0.25) is 0 Å². The lowest BCUT2D eigenvalue weighted by Gasteiger charge is -2.43. The molecule has 1 N–H and O–H groups in total. The van der Waals surface area contributed by atoms with Crippen molar-refractivity contribution in [1.82, 2.24) is 4.90 Å². The Morgan fingerprint density at radius 2 is 2.08 bits per heavy atom. The minimum absolute atomic E-state index is 0.0298.